The Bertz CT molecular complexity index is 1430. The van der Waals surface area contributed by atoms with Crippen molar-refractivity contribution in [1.29, 1.82) is 0 Å². The predicted molar refractivity (Wildman–Crippen MR) is 128 cm³/mol. The normalized spacial score (nSPS) is 11.2. The second-order valence-corrected chi connectivity index (χ2v) is 8.69. The number of hydrogen-bond donors (Lipinski definition) is 1. The zero-order valence-electron chi connectivity index (χ0n) is 17.9. The number of nitrogen functional groups attached to an aromatic ring is 1. The van der Waals surface area contributed by atoms with Crippen molar-refractivity contribution >= 4 is 50.4 Å². The average Bonchev–Trinajstić information content (AvgIpc) is 3.18. The molecule has 0 aliphatic heterocycles. The van der Waals surface area contributed by atoms with Gasteiger partial charge >= 0.3 is 5.97 Å². The van der Waals surface area contributed by atoms with Gasteiger partial charge in [0.15, 0.2) is 5.65 Å². The first-order valence-electron chi connectivity index (χ1n) is 9.98. The molecule has 9 nitrogen and oxygen atoms in total. The van der Waals surface area contributed by atoms with Crippen molar-refractivity contribution in [1.82, 2.24) is 24.3 Å². The van der Waals surface area contributed by atoms with Crippen LogP contribution in [0.4, 0.5) is 5.82 Å². The van der Waals surface area contributed by atoms with Crippen LogP contribution in [0.2, 0.25) is 5.28 Å². The van der Waals surface area contributed by atoms with E-state index in [0.717, 1.165) is 15.6 Å². The summed E-state index contributed by atoms with van der Waals surface area (Å²) in [7, 11) is 1.31. The molecule has 0 fully saturated rings. The number of carbonyl (C=O) groups is 1. The molecule has 1 aromatic carbocycles. The minimum atomic E-state index is -0.481. The zero-order chi connectivity index (χ0) is 23.7. The molecule has 33 heavy (non-hydrogen) atoms. The van der Waals surface area contributed by atoms with Gasteiger partial charge in [0.2, 0.25) is 5.28 Å². The number of anilines is 1. The molecule has 3 heterocycles. The van der Waals surface area contributed by atoms with E-state index in [9.17, 15) is 9.59 Å². The molecule has 0 atom stereocenters. The van der Waals surface area contributed by atoms with Gasteiger partial charge < -0.3 is 15.0 Å². The summed E-state index contributed by atoms with van der Waals surface area (Å²) >= 11 is 9.54. The molecule has 11 heteroatoms. The van der Waals surface area contributed by atoms with Crippen LogP contribution in [0.3, 0.4) is 0 Å². The second-order valence-electron chi connectivity index (χ2n) is 7.50. The number of fused-ring (bicyclic) bond motifs is 1. The number of nitrogens with two attached hydrogens (primary N) is 1. The molecule has 170 valence electrons. The van der Waals surface area contributed by atoms with Crippen molar-refractivity contribution < 1.29 is 9.53 Å². The molecule has 0 aliphatic rings. The Morgan fingerprint density at radius 2 is 2.06 bits per heavy atom. The molecule has 3 aromatic heterocycles. The highest BCUT2D eigenvalue weighted by molar-refractivity contribution is 9.10. The van der Waals surface area contributed by atoms with Crippen LogP contribution in [-0.4, -0.2) is 37.4 Å². The fraction of sp³-hybridized carbons (Fsp3) is 0.227. The lowest BCUT2D eigenvalue weighted by Gasteiger charge is -2.12. The Morgan fingerprint density at radius 1 is 1.27 bits per heavy atom. The number of esters is 1. The summed E-state index contributed by atoms with van der Waals surface area (Å²) < 4.78 is 8.94. The number of halogens is 2. The quantitative estimate of drug-likeness (QED) is 0.299. The van der Waals surface area contributed by atoms with Gasteiger partial charge in [-0.25, -0.2) is 14.5 Å². The zero-order valence-corrected chi connectivity index (χ0v) is 20.2. The van der Waals surface area contributed by atoms with Gasteiger partial charge in [-0.2, -0.15) is 10.1 Å². The number of pyridine rings is 1. The topological polar surface area (TPSA) is 118 Å². The molecule has 0 saturated heterocycles. The SMILES string of the molecule is COC(=O)c1cc(C)c(=O)n(CCc2cc(Cn3ncc4c(N)nc(Cl)nc43)ccc2Br)c1. The Hall–Kier alpha value is -3.24. The standard InChI is InChI=1S/C22H20BrClN6O3/c1-12-7-15(21(32)33-2)11-29(20(12)31)6-5-14-8-13(3-4-17(14)23)10-30-19-16(9-26-30)18(25)27-22(24)28-19/h3-4,7-9,11H,5-6,10H2,1-2H3,(H2,25,27,28). The number of aryl methyl sites for hydroxylation is 3. The minimum absolute atomic E-state index is 0.0631. The van der Waals surface area contributed by atoms with Crippen LogP contribution in [-0.2, 0) is 24.2 Å². The molecule has 0 amide bonds. The summed E-state index contributed by atoms with van der Waals surface area (Å²) in [4.78, 5) is 32.7. The lowest BCUT2D eigenvalue weighted by molar-refractivity contribution is 0.0599. The van der Waals surface area contributed by atoms with E-state index in [1.54, 1.807) is 17.8 Å². The van der Waals surface area contributed by atoms with Gasteiger partial charge in [0, 0.05) is 22.8 Å². The van der Waals surface area contributed by atoms with E-state index in [0.29, 0.717) is 41.7 Å². The third-order valence-electron chi connectivity index (χ3n) is 5.25. The van der Waals surface area contributed by atoms with E-state index in [1.165, 1.54) is 23.9 Å². The van der Waals surface area contributed by atoms with Crippen LogP contribution in [0.15, 0.2) is 45.9 Å². The van der Waals surface area contributed by atoms with E-state index >= 15 is 0 Å². The van der Waals surface area contributed by atoms with E-state index < -0.39 is 5.97 Å². The minimum Gasteiger partial charge on any atom is -0.465 e. The first-order chi connectivity index (χ1) is 15.8. The maximum atomic E-state index is 12.6. The number of rotatable bonds is 6. The lowest BCUT2D eigenvalue weighted by atomic mass is 10.1. The Kier molecular flexibility index (Phi) is 6.48. The smallest absolute Gasteiger partial charge is 0.339 e. The maximum absolute atomic E-state index is 12.6. The Morgan fingerprint density at radius 3 is 2.82 bits per heavy atom. The largest absolute Gasteiger partial charge is 0.465 e. The highest BCUT2D eigenvalue weighted by Gasteiger charge is 2.13. The molecular weight excluding hydrogens is 512 g/mol. The summed E-state index contributed by atoms with van der Waals surface area (Å²) in [5.41, 5.74) is 9.13. The summed E-state index contributed by atoms with van der Waals surface area (Å²) in [6.07, 6.45) is 3.71. The van der Waals surface area contributed by atoms with Crippen LogP contribution >= 0.6 is 27.5 Å². The average molecular weight is 532 g/mol. The number of hydrogen-bond acceptors (Lipinski definition) is 7. The number of carbonyl (C=O) groups excluding carboxylic acids is 1. The number of aromatic nitrogens is 5. The lowest BCUT2D eigenvalue weighted by Crippen LogP contribution is -2.24. The first-order valence-corrected chi connectivity index (χ1v) is 11.1. The van der Waals surface area contributed by atoms with Gasteiger partial charge in [0.1, 0.15) is 5.82 Å². The van der Waals surface area contributed by atoms with Crippen molar-refractivity contribution in [2.45, 2.75) is 26.4 Å². The van der Waals surface area contributed by atoms with E-state index in [1.807, 2.05) is 18.2 Å². The van der Waals surface area contributed by atoms with Gasteiger partial charge in [0.05, 0.1) is 30.8 Å². The summed E-state index contributed by atoms with van der Waals surface area (Å²) in [6, 6.07) is 7.50. The molecule has 2 N–H and O–H groups in total. The molecule has 0 radical (unpaired) electrons. The molecule has 4 rings (SSSR count). The molecular formula is C22H20BrClN6O3. The molecule has 0 unspecified atom stereocenters. The predicted octanol–water partition coefficient (Wildman–Crippen LogP) is 3.37. The van der Waals surface area contributed by atoms with Crippen LogP contribution < -0.4 is 11.3 Å². The summed E-state index contributed by atoms with van der Waals surface area (Å²) in [5, 5.41) is 5.07. The number of nitrogens with zero attached hydrogens (tertiary/aromatic N) is 5. The fourth-order valence-electron chi connectivity index (χ4n) is 3.58. The van der Waals surface area contributed by atoms with Gasteiger partial charge in [-0.15, -0.1) is 0 Å². The van der Waals surface area contributed by atoms with Crippen molar-refractivity contribution in [3.05, 3.63) is 79.0 Å². The maximum Gasteiger partial charge on any atom is 0.339 e. The van der Waals surface area contributed by atoms with Crippen molar-refractivity contribution in [3.8, 4) is 0 Å². The van der Waals surface area contributed by atoms with E-state index in [4.69, 9.17) is 22.1 Å². The van der Waals surface area contributed by atoms with Crippen molar-refractivity contribution in [2.24, 2.45) is 0 Å². The molecule has 4 aromatic rings. The second kappa shape index (κ2) is 9.32. The molecule has 0 saturated carbocycles. The van der Waals surface area contributed by atoms with Crippen LogP contribution in [0, 0.1) is 6.92 Å². The van der Waals surface area contributed by atoms with Crippen LogP contribution in [0.25, 0.3) is 11.0 Å². The number of methoxy groups -OCH3 is 1. The highest BCUT2D eigenvalue weighted by Crippen LogP contribution is 2.23. The Balaban J connectivity index is 1.59. The van der Waals surface area contributed by atoms with Gasteiger partial charge in [-0.05, 0) is 48.2 Å². The number of benzene rings is 1. The molecule has 0 bridgehead atoms. The van der Waals surface area contributed by atoms with Crippen LogP contribution in [0.5, 0.6) is 0 Å². The van der Waals surface area contributed by atoms with E-state index in [2.05, 4.69) is 31.0 Å². The summed E-state index contributed by atoms with van der Waals surface area (Å²) in [5.74, 6) is -0.200. The number of ether oxygens (including phenoxy) is 1. The third kappa shape index (κ3) is 4.76. The Labute approximate surface area is 202 Å². The highest BCUT2D eigenvalue weighted by atomic mass is 79.9. The van der Waals surface area contributed by atoms with Gasteiger partial charge in [-0.3, -0.25) is 4.79 Å². The monoisotopic (exact) mass is 530 g/mol. The fourth-order valence-corrected chi connectivity index (χ4v) is 4.19. The third-order valence-corrected chi connectivity index (χ3v) is 6.19. The van der Waals surface area contributed by atoms with Crippen LogP contribution in [0.1, 0.15) is 27.0 Å². The van der Waals surface area contributed by atoms with E-state index in [-0.39, 0.29) is 16.7 Å². The molecule has 0 spiro atoms. The molecule has 0 aliphatic carbocycles. The van der Waals surface area contributed by atoms with Crippen molar-refractivity contribution in [2.75, 3.05) is 12.8 Å². The van der Waals surface area contributed by atoms with Gasteiger partial charge in [-0.1, -0.05) is 28.1 Å². The first kappa shape index (κ1) is 22.9. The summed E-state index contributed by atoms with van der Waals surface area (Å²) in [6.45, 7) is 2.53. The van der Waals surface area contributed by atoms with Crippen molar-refractivity contribution in [3.63, 3.8) is 0 Å². The van der Waals surface area contributed by atoms with Gasteiger partial charge in [0.25, 0.3) is 5.56 Å².